The fraction of sp³-hybridized carbons (Fsp3) is 0.500. The monoisotopic (exact) mass is 322 g/mol. The van der Waals surface area contributed by atoms with Crippen LogP contribution in [0.2, 0.25) is 0 Å². The molecule has 1 aromatic carbocycles. The van der Waals surface area contributed by atoms with Crippen molar-refractivity contribution < 1.29 is 0 Å². The smallest absolute Gasteiger partial charge is 0.0363 e. The Bertz CT molecular complexity index is 425. The molecule has 0 radical (unpaired) electrons. The molecule has 1 aromatic rings. The second-order valence-corrected chi connectivity index (χ2v) is 6.05. The quantitative estimate of drug-likeness (QED) is 0.832. The van der Waals surface area contributed by atoms with Crippen LogP contribution in [0.4, 0.5) is 0 Å². The van der Waals surface area contributed by atoms with Gasteiger partial charge in [-0.15, -0.1) is 6.58 Å². The van der Waals surface area contributed by atoms with E-state index in [1.807, 2.05) is 6.08 Å². The van der Waals surface area contributed by atoms with E-state index in [0.717, 1.165) is 39.0 Å². The Morgan fingerprint density at radius 3 is 2.79 bits per heavy atom. The van der Waals surface area contributed by atoms with E-state index in [1.165, 1.54) is 15.6 Å². The van der Waals surface area contributed by atoms with Crippen molar-refractivity contribution >= 4 is 15.9 Å². The summed E-state index contributed by atoms with van der Waals surface area (Å²) in [5.74, 6) is 0. The zero-order valence-electron chi connectivity index (χ0n) is 11.7. The summed E-state index contributed by atoms with van der Waals surface area (Å²) in [7, 11) is 0. The molecule has 1 saturated heterocycles. The highest BCUT2D eigenvalue weighted by Gasteiger charge is 2.23. The van der Waals surface area contributed by atoms with Crippen molar-refractivity contribution in [2.75, 3.05) is 26.2 Å². The molecule has 2 rings (SSSR count). The van der Waals surface area contributed by atoms with Crippen LogP contribution in [0.5, 0.6) is 0 Å². The van der Waals surface area contributed by atoms with Crippen LogP contribution in [-0.2, 0) is 0 Å². The largest absolute Gasteiger partial charge is 0.314 e. The van der Waals surface area contributed by atoms with Crippen LogP contribution >= 0.6 is 15.9 Å². The molecule has 0 amide bonds. The van der Waals surface area contributed by atoms with Gasteiger partial charge in [0, 0.05) is 36.7 Å². The lowest BCUT2D eigenvalue weighted by Crippen LogP contribution is -2.45. The van der Waals surface area contributed by atoms with Gasteiger partial charge >= 0.3 is 0 Å². The molecule has 1 N–H and O–H groups in total. The van der Waals surface area contributed by atoms with E-state index in [1.54, 1.807) is 0 Å². The molecule has 19 heavy (non-hydrogen) atoms. The fourth-order valence-corrected chi connectivity index (χ4v) is 3.46. The van der Waals surface area contributed by atoms with Crippen molar-refractivity contribution in [2.24, 2.45) is 0 Å². The minimum Gasteiger partial charge on any atom is -0.314 e. The summed E-state index contributed by atoms with van der Waals surface area (Å²) < 4.78 is 1.24. The summed E-state index contributed by atoms with van der Waals surface area (Å²) in [6.07, 6.45) is 4.23. The Morgan fingerprint density at radius 2 is 2.16 bits per heavy atom. The lowest BCUT2D eigenvalue weighted by molar-refractivity contribution is 0.165. The summed E-state index contributed by atoms with van der Waals surface area (Å²) in [6.45, 7) is 10.4. The van der Waals surface area contributed by atoms with Crippen LogP contribution in [0.1, 0.15) is 30.0 Å². The van der Waals surface area contributed by atoms with Crippen molar-refractivity contribution in [3.63, 3.8) is 0 Å². The molecule has 0 aromatic heterocycles. The highest BCUT2D eigenvalue weighted by atomic mass is 79.9. The van der Waals surface area contributed by atoms with E-state index in [2.05, 4.69) is 57.8 Å². The van der Waals surface area contributed by atoms with Crippen molar-refractivity contribution in [1.29, 1.82) is 0 Å². The van der Waals surface area contributed by atoms with E-state index in [0.29, 0.717) is 6.04 Å². The second kappa shape index (κ2) is 7.22. The molecule has 1 aliphatic rings. The predicted octanol–water partition coefficient (Wildman–Crippen LogP) is 3.67. The topological polar surface area (TPSA) is 15.3 Å². The second-order valence-electron chi connectivity index (χ2n) is 5.19. The molecule has 0 saturated carbocycles. The summed E-state index contributed by atoms with van der Waals surface area (Å²) in [6, 6.07) is 7.20. The van der Waals surface area contributed by atoms with Crippen molar-refractivity contribution in [2.45, 2.75) is 25.8 Å². The van der Waals surface area contributed by atoms with Gasteiger partial charge in [-0.3, -0.25) is 4.90 Å². The maximum absolute atomic E-state index is 3.87. The number of hydrogen-bond donors (Lipinski definition) is 1. The predicted molar refractivity (Wildman–Crippen MR) is 85.5 cm³/mol. The molecule has 0 unspecified atom stereocenters. The van der Waals surface area contributed by atoms with Crippen LogP contribution in [-0.4, -0.2) is 31.1 Å². The van der Waals surface area contributed by atoms with Gasteiger partial charge in [-0.25, -0.2) is 0 Å². The normalized spacial score (nSPS) is 18.2. The van der Waals surface area contributed by atoms with Crippen molar-refractivity contribution in [3.05, 3.63) is 46.5 Å². The van der Waals surface area contributed by atoms with Crippen molar-refractivity contribution in [3.8, 4) is 0 Å². The number of rotatable bonds is 5. The van der Waals surface area contributed by atoms with Gasteiger partial charge in [0.2, 0.25) is 0 Å². The molecule has 1 atom stereocenters. The molecule has 1 heterocycles. The van der Waals surface area contributed by atoms with E-state index < -0.39 is 0 Å². The fourth-order valence-electron chi connectivity index (χ4n) is 2.71. The third-order valence-corrected chi connectivity index (χ3v) is 4.44. The zero-order valence-corrected chi connectivity index (χ0v) is 13.2. The number of nitrogens with zero attached hydrogens (tertiary/aromatic N) is 1. The molecule has 0 bridgehead atoms. The van der Waals surface area contributed by atoms with Gasteiger partial charge in [-0.05, 0) is 37.0 Å². The molecular weight excluding hydrogens is 300 g/mol. The number of aryl methyl sites for hydroxylation is 1. The van der Waals surface area contributed by atoms with Crippen LogP contribution < -0.4 is 5.32 Å². The molecule has 0 aliphatic carbocycles. The van der Waals surface area contributed by atoms with Gasteiger partial charge in [0.25, 0.3) is 0 Å². The highest BCUT2D eigenvalue weighted by Crippen LogP contribution is 2.32. The Labute approximate surface area is 125 Å². The standard InChI is InChI=1S/C16H23BrN2/c1-3-4-5-16(19-10-8-18-9-11-19)14-7-6-13(2)12-15(14)17/h3,6-7,12,16,18H,1,4-5,8-11H2,2H3/t16-/m0/s1. The minimum atomic E-state index is 0.495. The van der Waals surface area contributed by atoms with Gasteiger partial charge < -0.3 is 5.32 Å². The van der Waals surface area contributed by atoms with E-state index in [-0.39, 0.29) is 0 Å². The lowest BCUT2D eigenvalue weighted by Gasteiger charge is -2.35. The summed E-state index contributed by atoms with van der Waals surface area (Å²) in [4.78, 5) is 2.59. The average molecular weight is 323 g/mol. The number of benzene rings is 1. The molecule has 1 fully saturated rings. The van der Waals surface area contributed by atoms with E-state index in [9.17, 15) is 0 Å². The summed E-state index contributed by atoms with van der Waals surface area (Å²) in [5.41, 5.74) is 2.72. The van der Waals surface area contributed by atoms with Crippen LogP contribution in [0.25, 0.3) is 0 Å². The molecule has 1 aliphatic heterocycles. The maximum atomic E-state index is 3.87. The lowest BCUT2D eigenvalue weighted by atomic mass is 9.98. The maximum Gasteiger partial charge on any atom is 0.0363 e. The third kappa shape index (κ3) is 3.91. The first-order chi connectivity index (χ1) is 9.22. The Morgan fingerprint density at radius 1 is 1.42 bits per heavy atom. The average Bonchev–Trinajstić information content (AvgIpc) is 2.42. The Kier molecular flexibility index (Phi) is 5.61. The van der Waals surface area contributed by atoms with Gasteiger partial charge in [0.15, 0.2) is 0 Å². The molecular formula is C16H23BrN2. The van der Waals surface area contributed by atoms with E-state index in [4.69, 9.17) is 0 Å². The number of halogens is 1. The molecule has 3 heteroatoms. The first-order valence-corrected chi connectivity index (χ1v) is 7.83. The highest BCUT2D eigenvalue weighted by molar-refractivity contribution is 9.10. The van der Waals surface area contributed by atoms with Gasteiger partial charge in [-0.1, -0.05) is 34.1 Å². The first-order valence-electron chi connectivity index (χ1n) is 7.04. The zero-order chi connectivity index (χ0) is 13.7. The summed E-state index contributed by atoms with van der Waals surface area (Å²) in [5, 5.41) is 3.43. The number of hydrogen-bond acceptors (Lipinski definition) is 2. The van der Waals surface area contributed by atoms with Gasteiger partial charge in [0.05, 0.1) is 0 Å². The summed E-state index contributed by atoms with van der Waals surface area (Å²) >= 11 is 3.74. The Hall–Kier alpha value is -0.640. The van der Waals surface area contributed by atoms with Crippen LogP contribution in [0, 0.1) is 6.92 Å². The van der Waals surface area contributed by atoms with Gasteiger partial charge in [-0.2, -0.15) is 0 Å². The van der Waals surface area contributed by atoms with E-state index >= 15 is 0 Å². The van der Waals surface area contributed by atoms with Gasteiger partial charge in [0.1, 0.15) is 0 Å². The SMILES string of the molecule is C=CCC[C@@H](c1ccc(C)cc1Br)N1CCNCC1. The third-order valence-electron chi connectivity index (χ3n) is 3.75. The molecule has 0 spiro atoms. The first kappa shape index (κ1) is 14.8. The minimum absolute atomic E-state index is 0.495. The van der Waals surface area contributed by atoms with Crippen molar-refractivity contribution in [1.82, 2.24) is 10.2 Å². The number of allylic oxidation sites excluding steroid dienone is 1. The number of piperazine rings is 1. The Balaban J connectivity index is 2.22. The number of nitrogens with one attached hydrogen (secondary N) is 1. The van der Waals surface area contributed by atoms with Crippen LogP contribution in [0.3, 0.4) is 0 Å². The molecule has 104 valence electrons. The molecule has 2 nitrogen and oxygen atoms in total. The van der Waals surface area contributed by atoms with Crippen LogP contribution in [0.15, 0.2) is 35.3 Å².